The van der Waals surface area contributed by atoms with E-state index in [1.807, 2.05) is 0 Å². The fourth-order valence-corrected chi connectivity index (χ4v) is 5.30. The summed E-state index contributed by atoms with van der Waals surface area (Å²) in [6, 6.07) is 39.4. The first-order chi connectivity index (χ1) is 16.3. The van der Waals surface area contributed by atoms with Crippen molar-refractivity contribution in [3.05, 3.63) is 109 Å². The summed E-state index contributed by atoms with van der Waals surface area (Å²) >= 11 is 0. The highest BCUT2D eigenvalue weighted by Gasteiger charge is 2.11. The van der Waals surface area contributed by atoms with Gasteiger partial charge in [-0.25, -0.2) is 0 Å². The van der Waals surface area contributed by atoms with Crippen molar-refractivity contribution in [3.8, 4) is 22.3 Å². The predicted molar refractivity (Wildman–Crippen MR) is 141 cm³/mol. The van der Waals surface area contributed by atoms with Gasteiger partial charge in [-0.3, -0.25) is 0 Å². The first-order valence-corrected chi connectivity index (χ1v) is 11.4. The van der Waals surface area contributed by atoms with E-state index in [0.717, 1.165) is 0 Å². The van der Waals surface area contributed by atoms with Crippen LogP contribution in [-0.2, 0) is 7.05 Å². The van der Waals surface area contributed by atoms with Gasteiger partial charge >= 0.3 is 0 Å². The van der Waals surface area contributed by atoms with Crippen LogP contribution in [0.3, 0.4) is 0 Å². The summed E-state index contributed by atoms with van der Waals surface area (Å²) in [4.78, 5) is 3.63. The number of H-pyrrole nitrogens is 1. The molecule has 1 N–H and O–H groups in total. The molecule has 0 aliphatic rings. The van der Waals surface area contributed by atoms with E-state index in [2.05, 4.69) is 126 Å². The van der Waals surface area contributed by atoms with E-state index in [0.29, 0.717) is 0 Å². The van der Waals surface area contributed by atoms with Crippen LogP contribution in [0.4, 0.5) is 0 Å². The molecule has 2 heteroatoms. The van der Waals surface area contributed by atoms with Gasteiger partial charge in [-0.2, -0.15) is 0 Å². The molecule has 5 aromatic carbocycles. The Hall–Kier alpha value is -4.30. The summed E-state index contributed by atoms with van der Waals surface area (Å²) in [6.45, 7) is 0. The number of nitrogens with one attached hydrogen (secondary N) is 1. The number of nitrogens with zero attached hydrogens (tertiary/aromatic N) is 1. The predicted octanol–water partition coefficient (Wildman–Crippen LogP) is 8.30. The molecule has 0 atom stereocenters. The van der Waals surface area contributed by atoms with Gasteiger partial charge in [0.25, 0.3) is 0 Å². The molecule has 0 radical (unpaired) electrons. The maximum atomic E-state index is 3.63. The minimum Gasteiger partial charge on any atom is -0.354 e. The number of benzene rings is 5. The van der Waals surface area contributed by atoms with Crippen LogP contribution in [0.25, 0.3) is 65.9 Å². The highest BCUT2D eigenvalue weighted by Crippen LogP contribution is 2.35. The van der Waals surface area contributed by atoms with Crippen LogP contribution in [0.1, 0.15) is 0 Å². The molecule has 0 saturated carbocycles. The SMILES string of the molecule is Cn1c2ccccc2c2cc(-c3ccc(-c4cccc5c4[nH]c4ccccc45)cc3)ccc21. The normalized spacial score (nSPS) is 11.8. The van der Waals surface area contributed by atoms with E-state index in [1.54, 1.807) is 0 Å². The first-order valence-electron chi connectivity index (χ1n) is 11.4. The van der Waals surface area contributed by atoms with Crippen LogP contribution < -0.4 is 0 Å². The van der Waals surface area contributed by atoms with Crippen LogP contribution >= 0.6 is 0 Å². The molecule has 0 aliphatic carbocycles. The maximum absolute atomic E-state index is 3.63. The van der Waals surface area contributed by atoms with E-state index in [9.17, 15) is 0 Å². The molecule has 0 amide bonds. The van der Waals surface area contributed by atoms with Crippen molar-refractivity contribution in [2.24, 2.45) is 7.05 Å². The third kappa shape index (κ3) is 2.68. The molecule has 33 heavy (non-hydrogen) atoms. The highest BCUT2D eigenvalue weighted by molar-refractivity contribution is 6.12. The Morgan fingerprint density at radius 2 is 1.18 bits per heavy atom. The standard InChI is InChI=1S/C31H22N2/c1-33-29-12-5-3-8-25(29)27-19-22(17-18-30(27)33)20-13-15-21(16-14-20)23-9-6-10-26-24-7-2-4-11-28(24)32-31(23)26/h2-19,32H,1H3. The fourth-order valence-electron chi connectivity index (χ4n) is 5.30. The molecule has 2 heterocycles. The molecule has 7 aromatic rings. The monoisotopic (exact) mass is 422 g/mol. The quantitative estimate of drug-likeness (QED) is 0.289. The largest absolute Gasteiger partial charge is 0.354 e. The average Bonchev–Trinajstić information content (AvgIpc) is 3.40. The van der Waals surface area contributed by atoms with Crippen molar-refractivity contribution >= 4 is 43.6 Å². The number of rotatable bonds is 2. The number of hydrogen-bond acceptors (Lipinski definition) is 0. The van der Waals surface area contributed by atoms with Gasteiger partial charge in [0, 0.05) is 50.7 Å². The lowest BCUT2D eigenvalue weighted by molar-refractivity contribution is 1.01. The van der Waals surface area contributed by atoms with Crippen molar-refractivity contribution in [1.29, 1.82) is 0 Å². The van der Waals surface area contributed by atoms with Gasteiger partial charge in [0.1, 0.15) is 0 Å². The Bertz CT molecular complexity index is 1810. The average molecular weight is 423 g/mol. The number of para-hydroxylation sites is 3. The minimum atomic E-state index is 1.18. The summed E-state index contributed by atoms with van der Waals surface area (Å²) in [6.07, 6.45) is 0. The third-order valence-corrected chi connectivity index (χ3v) is 6.98. The van der Waals surface area contributed by atoms with Gasteiger partial charge in [0.05, 0.1) is 5.52 Å². The Labute approximate surface area is 191 Å². The zero-order valence-electron chi connectivity index (χ0n) is 18.3. The molecule has 0 saturated heterocycles. The Morgan fingerprint density at radius 1 is 0.515 bits per heavy atom. The Kier molecular flexibility index (Phi) is 3.80. The van der Waals surface area contributed by atoms with Crippen molar-refractivity contribution in [3.63, 3.8) is 0 Å². The first kappa shape index (κ1) is 18.3. The van der Waals surface area contributed by atoms with Gasteiger partial charge in [-0.1, -0.05) is 84.9 Å². The molecule has 0 bridgehead atoms. The zero-order chi connectivity index (χ0) is 21.9. The van der Waals surface area contributed by atoms with E-state index < -0.39 is 0 Å². The van der Waals surface area contributed by atoms with Crippen LogP contribution in [-0.4, -0.2) is 9.55 Å². The van der Waals surface area contributed by atoms with Gasteiger partial charge in [0.2, 0.25) is 0 Å². The lowest BCUT2D eigenvalue weighted by Crippen LogP contribution is -1.86. The third-order valence-electron chi connectivity index (χ3n) is 6.98. The fraction of sp³-hybridized carbons (Fsp3) is 0.0323. The number of fused-ring (bicyclic) bond motifs is 6. The number of aromatic nitrogens is 2. The summed E-state index contributed by atoms with van der Waals surface area (Å²) < 4.78 is 2.28. The van der Waals surface area contributed by atoms with Gasteiger partial charge in [-0.15, -0.1) is 0 Å². The van der Waals surface area contributed by atoms with Crippen LogP contribution in [0.15, 0.2) is 109 Å². The minimum absolute atomic E-state index is 1.18. The maximum Gasteiger partial charge on any atom is 0.0544 e. The van der Waals surface area contributed by atoms with E-state index in [-0.39, 0.29) is 0 Å². The topological polar surface area (TPSA) is 20.7 Å². The second kappa shape index (κ2) is 6.85. The van der Waals surface area contributed by atoms with Gasteiger partial charge in [-0.05, 0) is 41.0 Å². The molecule has 0 fully saturated rings. The Morgan fingerprint density at radius 3 is 2.06 bits per heavy atom. The molecule has 2 aromatic heterocycles. The van der Waals surface area contributed by atoms with Crippen molar-refractivity contribution in [2.45, 2.75) is 0 Å². The molecule has 156 valence electrons. The molecular formula is C31H22N2. The number of hydrogen-bond donors (Lipinski definition) is 1. The van der Waals surface area contributed by atoms with Crippen molar-refractivity contribution < 1.29 is 0 Å². The van der Waals surface area contributed by atoms with E-state index >= 15 is 0 Å². The summed E-state index contributed by atoms with van der Waals surface area (Å²) in [7, 11) is 2.14. The van der Waals surface area contributed by atoms with Crippen LogP contribution in [0.5, 0.6) is 0 Å². The molecule has 0 unspecified atom stereocenters. The zero-order valence-corrected chi connectivity index (χ0v) is 18.3. The smallest absolute Gasteiger partial charge is 0.0544 e. The molecular weight excluding hydrogens is 400 g/mol. The molecule has 7 rings (SSSR count). The second-order valence-electron chi connectivity index (χ2n) is 8.78. The number of aryl methyl sites for hydroxylation is 1. The summed E-state index contributed by atoms with van der Waals surface area (Å²) in [5.74, 6) is 0. The van der Waals surface area contributed by atoms with Gasteiger partial charge < -0.3 is 9.55 Å². The second-order valence-corrected chi connectivity index (χ2v) is 8.78. The number of aromatic amines is 1. The van der Waals surface area contributed by atoms with Gasteiger partial charge in [0.15, 0.2) is 0 Å². The summed E-state index contributed by atoms with van der Waals surface area (Å²) in [5, 5.41) is 5.15. The van der Waals surface area contributed by atoms with Crippen molar-refractivity contribution in [2.75, 3.05) is 0 Å². The lowest BCUT2D eigenvalue weighted by Gasteiger charge is -2.07. The van der Waals surface area contributed by atoms with Crippen LogP contribution in [0, 0.1) is 0 Å². The van der Waals surface area contributed by atoms with E-state index in [1.165, 1.54) is 65.9 Å². The van der Waals surface area contributed by atoms with Crippen molar-refractivity contribution in [1.82, 2.24) is 9.55 Å². The molecule has 0 aliphatic heterocycles. The highest BCUT2D eigenvalue weighted by atomic mass is 14.9. The molecule has 0 spiro atoms. The molecule has 2 nitrogen and oxygen atoms in total. The van der Waals surface area contributed by atoms with E-state index in [4.69, 9.17) is 0 Å². The Balaban J connectivity index is 1.34. The lowest BCUT2D eigenvalue weighted by atomic mass is 9.98. The summed E-state index contributed by atoms with van der Waals surface area (Å²) in [5.41, 5.74) is 9.85. The van der Waals surface area contributed by atoms with Crippen LogP contribution in [0.2, 0.25) is 0 Å².